The van der Waals surface area contributed by atoms with Crippen LogP contribution < -0.4 is 5.32 Å². The van der Waals surface area contributed by atoms with Crippen molar-refractivity contribution >= 4 is 15.7 Å². The van der Waals surface area contributed by atoms with Crippen LogP contribution >= 0.6 is 0 Å². The van der Waals surface area contributed by atoms with Crippen LogP contribution in [0.1, 0.15) is 50.6 Å². The Kier molecular flexibility index (Phi) is 5.76. The zero-order valence-corrected chi connectivity index (χ0v) is 15.8. The zero-order chi connectivity index (χ0) is 18.6. The number of carbonyl (C=O) groups is 1. The molecule has 1 aromatic carbocycles. The van der Waals surface area contributed by atoms with Crippen molar-refractivity contribution < 1.29 is 13.2 Å². The monoisotopic (exact) mass is 375 g/mol. The minimum atomic E-state index is -3.16. The number of carbonyl (C=O) groups excluding carboxylic acids is 1. The van der Waals surface area contributed by atoms with E-state index in [2.05, 4.69) is 10.3 Å². The predicted octanol–water partition coefficient (Wildman–Crippen LogP) is 2.80. The van der Waals surface area contributed by atoms with Gasteiger partial charge in [0.15, 0.2) is 9.84 Å². The van der Waals surface area contributed by atoms with E-state index >= 15 is 0 Å². The summed E-state index contributed by atoms with van der Waals surface area (Å²) in [4.78, 5) is 16.2. The van der Waals surface area contributed by atoms with Crippen molar-refractivity contribution in [3.8, 4) is 5.69 Å². The predicted molar refractivity (Wildman–Crippen MR) is 101 cm³/mol. The van der Waals surface area contributed by atoms with Crippen molar-refractivity contribution in [2.75, 3.05) is 5.75 Å². The summed E-state index contributed by atoms with van der Waals surface area (Å²) in [5.74, 6) is -0.284. The molecule has 140 valence electrons. The van der Waals surface area contributed by atoms with Crippen LogP contribution in [0.3, 0.4) is 0 Å². The first-order valence-electron chi connectivity index (χ1n) is 9.05. The van der Waals surface area contributed by atoms with Gasteiger partial charge in [-0.3, -0.25) is 4.79 Å². The number of aromatic nitrogens is 2. The molecule has 7 heteroatoms. The van der Waals surface area contributed by atoms with Crippen molar-refractivity contribution in [3.05, 3.63) is 48.5 Å². The summed E-state index contributed by atoms with van der Waals surface area (Å²) in [6.45, 7) is 1.90. The Hall–Kier alpha value is -2.15. The molecule has 1 atom stereocenters. The van der Waals surface area contributed by atoms with Crippen LogP contribution in [0.5, 0.6) is 0 Å². The van der Waals surface area contributed by atoms with Crippen LogP contribution in [0, 0.1) is 0 Å². The lowest BCUT2D eigenvalue weighted by molar-refractivity contribution is -0.121. The van der Waals surface area contributed by atoms with Crippen molar-refractivity contribution in [1.29, 1.82) is 0 Å². The molecular weight excluding hydrogens is 350 g/mol. The maximum atomic E-state index is 12.3. The number of nitrogens with one attached hydrogen (secondary N) is 1. The van der Waals surface area contributed by atoms with Crippen LogP contribution in [-0.2, 0) is 14.6 Å². The molecule has 1 aliphatic rings. The van der Waals surface area contributed by atoms with Gasteiger partial charge in [-0.15, -0.1) is 0 Å². The van der Waals surface area contributed by atoms with Gasteiger partial charge in [0.1, 0.15) is 0 Å². The maximum absolute atomic E-state index is 12.3. The van der Waals surface area contributed by atoms with Gasteiger partial charge in [-0.1, -0.05) is 25.0 Å². The summed E-state index contributed by atoms with van der Waals surface area (Å²) < 4.78 is 26.4. The second kappa shape index (κ2) is 8.03. The fourth-order valence-electron chi connectivity index (χ4n) is 3.39. The number of hydrogen-bond acceptors (Lipinski definition) is 4. The highest BCUT2D eigenvalue weighted by atomic mass is 32.2. The lowest BCUT2D eigenvalue weighted by Crippen LogP contribution is -2.30. The minimum Gasteiger partial charge on any atom is -0.350 e. The summed E-state index contributed by atoms with van der Waals surface area (Å²) in [5.41, 5.74) is 1.97. The molecule has 0 aliphatic heterocycles. The maximum Gasteiger partial charge on any atom is 0.221 e. The average Bonchev–Trinajstić information content (AvgIpc) is 3.34. The van der Waals surface area contributed by atoms with Crippen LogP contribution in [0.15, 0.2) is 43.0 Å². The second-order valence-corrected chi connectivity index (χ2v) is 9.27. The molecule has 26 heavy (non-hydrogen) atoms. The first kappa shape index (κ1) is 18.6. The molecule has 0 radical (unpaired) electrons. The lowest BCUT2D eigenvalue weighted by atomic mass is 10.1. The standard InChI is InChI=1S/C19H25N3O3S/c1-15(16-6-8-17(9-7-16)22-12-11-20-14-22)21-19(23)10-13-26(24,25)18-4-2-3-5-18/h6-9,11-12,14-15,18H,2-5,10,13H2,1H3,(H,21,23)/t15-/m1/s1. The molecule has 1 aliphatic carbocycles. The van der Waals surface area contributed by atoms with Gasteiger partial charge in [-0.05, 0) is 37.5 Å². The van der Waals surface area contributed by atoms with Crippen LogP contribution in [0.4, 0.5) is 0 Å². The SMILES string of the molecule is C[C@@H](NC(=O)CCS(=O)(=O)C1CCCC1)c1ccc(-n2ccnc2)cc1. The zero-order valence-electron chi connectivity index (χ0n) is 15.0. The van der Waals surface area contributed by atoms with E-state index in [1.54, 1.807) is 12.5 Å². The fraction of sp³-hybridized carbons (Fsp3) is 0.474. The van der Waals surface area contributed by atoms with Crippen molar-refractivity contribution in [1.82, 2.24) is 14.9 Å². The summed E-state index contributed by atoms with van der Waals surface area (Å²) in [6, 6.07) is 7.66. The molecule has 3 rings (SSSR count). The minimum absolute atomic E-state index is 0.0241. The molecule has 0 unspecified atom stereocenters. The van der Waals surface area contributed by atoms with Gasteiger partial charge in [0.05, 0.1) is 23.4 Å². The van der Waals surface area contributed by atoms with E-state index in [4.69, 9.17) is 0 Å². The molecule has 1 N–H and O–H groups in total. The highest BCUT2D eigenvalue weighted by Crippen LogP contribution is 2.25. The van der Waals surface area contributed by atoms with Crippen LogP contribution in [-0.4, -0.2) is 34.9 Å². The van der Waals surface area contributed by atoms with E-state index in [1.807, 2.05) is 42.0 Å². The molecule has 0 saturated heterocycles. The van der Waals surface area contributed by atoms with Crippen molar-refractivity contribution in [3.63, 3.8) is 0 Å². The Bertz CT molecular complexity index is 823. The third-order valence-electron chi connectivity index (χ3n) is 5.00. The quantitative estimate of drug-likeness (QED) is 0.807. The Labute approximate surface area is 154 Å². The van der Waals surface area contributed by atoms with Gasteiger partial charge in [-0.25, -0.2) is 13.4 Å². The molecule has 1 saturated carbocycles. The van der Waals surface area contributed by atoms with E-state index in [0.29, 0.717) is 0 Å². The van der Waals surface area contributed by atoms with Gasteiger partial charge < -0.3 is 9.88 Å². The summed E-state index contributed by atoms with van der Waals surface area (Å²) >= 11 is 0. The van der Waals surface area contributed by atoms with E-state index in [1.165, 1.54) is 0 Å². The lowest BCUT2D eigenvalue weighted by Gasteiger charge is -2.16. The van der Waals surface area contributed by atoms with Crippen LogP contribution in [0.25, 0.3) is 5.69 Å². The van der Waals surface area contributed by atoms with Gasteiger partial charge in [0, 0.05) is 24.5 Å². The van der Waals surface area contributed by atoms with Gasteiger partial charge in [0.25, 0.3) is 0 Å². The Morgan fingerprint density at radius 1 is 1.27 bits per heavy atom. The Morgan fingerprint density at radius 2 is 1.96 bits per heavy atom. The molecule has 1 heterocycles. The molecule has 1 amide bonds. The largest absolute Gasteiger partial charge is 0.350 e. The van der Waals surface area contributed by atoms with Gasteiger partial charge in [-0.2, -0.15) is 0 Å². The van der Waals surface area contributed by atoms with E-state index in [-0.39, 0.29) is 29.4 Å². The summed E-state index contributed by atoms with van der Waals surface area (Å²) in [5, 5.41) is 2.64. The van der Waals surface area contributed by atoms with Crippen LogP contribution in [0.2, 0.25) is 0 Å². The molecule has 6 nitrogen and oxygen atoms in total. The summed E-state index contributed by atoms with van der Waals surface area (Å²) in [6.07, 6.45) is 8.76. The van der Waals surface area contributed by atoms with Gasteiger partial charge >= 0.3 is 0 Å². The highest BCUT2D eigenvalue weighted by Gasteiger charge is 2.29. The van der Waals surface area contributed by atoms with Crippen molar-refractivity contribution in [2.45, 2.75) is 50.3 Å². The molecule has 1 aromatic heterocycles. The number of hydrogen-bond donors (Lipinski definition) is 1. The summed E-state index contributed by atoms with van der Waals surface area (Å²) in [7, 11) is -3.16. The highest BCUT2D eigenvalue weighted by molar-refractivity contribution is 7.92. The van der Waals surface area contributed by atoms with E-state index in [0.717, 1.165) is 36.9 Å². The topological polar surface area (TPSA) is 81.1 Å². The number of amides is 1. The number of rotatable bonds is 7. The molecule has 1 fully saturated rings. The smallest absolute Gasteiger partial charge is 0.221 e. The number of imidazole rings is 1. The first-order valence-corrected chi connectivity index (χ1v) is 10.8. The average molecular weight is 375 g/mol. The number of benzene rings is 1. The Morgan fingerprint density at radius 3 is 2.58 bits per heavy atom. The molecular formula is C19H25N3O3S. The molecule has 0 bridgehead atoms. The third kappa shape index (κ3) is 4.52. The Balaban J connectivity index is 1.52. The van der Waals surface area contributed by atoms with E-state index < -0.39 is 9.84 Å². The normalized spacial score (nSPS) is 16.5. The van der Waals surface area contributed by atoms with Gasteiger partial charge in [0.2, 0.25) is 5.91 Å². The third-order valence-corrected chi connectivity index (χ3v) is 7.26. The fourth-order valence-corrected chi connectivity index (χ4v) is 5.25. The van der Waals surface area contributed by atoms with E-state index in [9.17, 15) is 13.2 Å². The first-order chi connectivity index (χ1) is 12.5. The second-order valence-electron chi connectivity index (χ2n) is 6.87. The molecule has 0 spiro atoms. The number of nitrogens with zero attached hydrogens (tertiary/aromatic N) is 2. The number of sulfone groups is 1. The molecule has 2 aromatic rings. The van der Waals surface area contributed by atoms with Crippen molar-refractivity contribution in [2.24, 2.45) is 0 Å².